The van der Waals surface area contributed by atoms with Gasteiger partial charge in [-0.1, -0.05) is 29.8 Å². The van der Waals surface area contributed by atoms with Crippen LogP contribution in [0.5, 0.6) is 17.2 Å². The zero-order valence-electron chi connectivity index (χ0n) is 18.8. The molecule has 0 bridgehead atoms. The van der Waals surface area contributed by atoms with Gasteiger partial charge in [-0.15, -0.1) is 0 Å². The van der Waals surface area contributed by atoms with E-state index in [1.807, 2.05) is 38.1 Å². The average molecular weight is 457 g/mol. The van der Waals surface area contributed by atoms with Crippen LogP contribution in [-0.4, -0.2) is 30.2 Å². The van der Waals surface area contributed by atoms with Crippen LogP contribution in [0.1, 0.15) is 29.7 Å². The third-order valence-corrected chi connectivity index (χ3v) is 5.87. The molecule has 2 aliphatic heterocycles. The Kier molecular flexibility index (Phi) is 5.45. The molecule has 1 N–H and O–H groups in total. The number of ketones is 1. The molecule has 34 heavy (non-hydrogen) atoms. The second kappa shape index (κ2) is 8.59. The lowest BCUT2D eigenvalue weighted by Gasteiger charge is -2.26. The molecule has 3 aromatic rings. The van der Waals surface area contributed by atoms with Crippen molar-refractivity contribution in [2.45, 2.75) is 19.9 Å². The number of benzene rings is 3. The number of ether oxygens (including phenoxy) is 3. The zero-order chi connectivity index (χ0) is 23.8. The van der Waals surface area contributed by atoms with E-state index in [1.54, 1.807) is 42.5 Å². The van der Waals surface area contributed by atoms with E-state index >= 15 is 0 Å². The van der Waals surface area contributed by atoms with Gasteiger partial charge in [0.05, 0.1) is 18.2 Å². The zero-order valence-corrected chi connectivity index (χ0v) is 18.8. The standard InChI is InChI=1S/C27H23NO6/c1-3-32-20-10-8-19(9-11-20)28-24(17-6-4-5-16(2)13-17)23(26(30)27(28)31)25(29)18-7-12-21-22(14-18)34-15-33-21/h4-14,24,29H,3,15H2,1-2H3/b25-23-. The Balaban J connectivity index is 1.66. The van der Waals surface area contributed by atoms with Gasteiger partial charge < -0.3 is 19.3 Å². The van der Waals surface area contributed by atoms with Crippen LogP contribution in [0, 0.1) is 6.92 Å². The van der Waals surface area contributed by atoms with Crippen molar-refractivity contribution in [3.05, 3.63) is 89.0 Å². The number of Topliss-reactive ketones (excluding diaryl/α,β-unsaturated/α-hetero) is 1. The van der Waals surface area contributed by atoms with Crippen molar-refractivity contribution in [1.82, 2.24) is 0 Å². The molecule has 0 saturated carbocycles. The number of hydrogen-bond acceptors (Lipinski definition) is 6. The second-order valence-electron chi connectivity index (χ2n) is 8.08. The Morgan fingerprint density at radius 3 is 2.53 bits per heavy atom. The molecule has 7 heteroatoms. The van der Waals surface area contributed by atoms with Gasteiger partial charge in [0.15, 0.2) is 11.5 Å². The Labute approximate surface area is 196 Å². The fourth-order valence-corrected chi connectivity index (χ4v) is 4.32. The molecule has 0 aliphatic carbocycles. The molecule has 1 unspecified atom stereocenters. The molecule has 0 radical (unpaired) electrons. The number of amides is 1. The number of carbonyl (C=O) groups is 2. The van der Waals surface area contributed by atoms with Gasteiger partial charge >= 0.3 is 0 Å². The largest absolute Gasteiger partial charge is 0.507 e. The number of aryl methyl sites for hydroxylation is 1. The minimum atomic E-state index is -0.803. The van der Waals surface area contributed by atoms with Crippen molar-refractivity contribution < 1.29 is 28.9 Å². The molecule has 1 atom stereocenters. The summed E-state index contributed by atoms with van der Waals surface area (Å²) in [6.07, 6.45) is 0. The topological polar surface area (TPSA) is 85.3 Å². The van der Waals surface area contributed by atoms with Gasteiger partial charge in [0.2, 0.25) is 6.79 Å². The van der Waals surface area contributed by atoms with E-state index < -0.39 is 17.7 Å². The number of carbonyl (C=O) groups excluding carboxylic acids is 2. The average Bonchev–Trinajstić information content (AvgIpc) is 3.41. The van der Waals surface area contributed by atoms with Crippen LogP contribution < -0.4 is 19.1 Å². The maximum atomic E-state index is 13.3. The first-order valence-corrected chi connectivity index (χ1v) is 11.0. The first kappa shape index (κ1) is 21.6. The quantitative estimate of drug-likeness (QED) is 0.338. The maximum Gasteiger partial charge on any atom is 0.300 e. The van der Waals surface area contributed by atoms with Crippen LogP contribution in [0.2, 0.25) is 0 Å². The van der Waals surface area contributed by atoms with Crippen molar-refractivity contribution in [3.8, 4) is 17.2 Å². The molecule has 172 valence electrons. The van der Waals surface area contributed by atoms with E-state index in [-0.39, 0.29) is 18.1 Å². The van der Waals surface area contributed by atoms with Crippen LogP contribution in [0.4, 0.5) is 5.69 Å². The monoisotopic (exact) mass is 457 g/mol. The van der Waals surface area contributed by atoms with E-state index in [2.05, 4.69) is 0 Å². The number of rotatable bonds is 5. The highest BCUT2D eigenvalue weighted by Gasteiger charge is 2.47. The van der Waals surface area contributed by atoms with E-state index in [9.17, 15) is 14.7 Å². The molecule has 3 aromatic carbocycles. The lowest BCUT2D eigenvalue weighted by Crippen LogP contribution is -2.29. The molecule has 2 heterocycles. The van der Waals surface area contributed by atoms with Gasteiger partial charge in [0.25, 0.3) is 11.7 Å². The van der Waals surface area contributed by atoms with Gasteiger partial charge in [-0.05, 0) is 61.9 Å². The summed E-state index contributed by atoms with van der Waals surface area (Å²) in [5.41, 5.74) is 2.60. The smallest absolute Gasteiger partial charge is 0.300 e. The molecule has 2 aliphatic rings. The summed E-state index contributed by atoms with van der Waals surface area (Å²) in [5.74, 6) is -0.0427. The second-order valence-corrected chi connectivity index (χ2v) is 8.08. The number of hydrogen-bond donors (Lipinski definition) is 1. The fourth-order valence-electron chi connectivity index (χ4n) is 4.32. The van der Waals surface area contributed by atoms with Gasteiger partial charge in [-0.25, -0.2) is 0 Å². The summed E-state index contributed by atoms with van der Waals surface area (Å²) in [5, 5.41) is 11.3. The van der Waals surface area contributed by atoms with Crippen molar-refractivity contribution >= 4 is 23.1 Å². The molecule has 1 saturated heterocycles. The predicted molar refractivity (Wildman–Crippen MR) is 126 cm³/mol. The van der Waals surface area contributed by atoms with Crippen LogP contribution in [0.3, 0.4) is 0 Å². The Bertz CT molecular complexity index is 1310. The summed E-state index contributed by atoms with van der Waals surface area (Å²) >= 11 is 0. The minimum Gasteiger partial charge on any atom is -0.507 e. The van der Waals surface area contributed by atoms with E-state index in [1.165, 1.54) is 4.90 Å². The molecule has 1 amide bonds. The third-order valence-electron chi connectivity index (χ3n) is 5.87. The summed E-state index contributed by atoms with van der Waals surface area (Å²) in [7, 11) is 0. The third kappa shape index (κ3) is 3.65. The number of anilines is 1. The number of fused-ring (bicyclic) bond motifs is 1. The van der Waals surface area contributed by atoms with Crippen LogP contribution >= 0.6 is 0 Å². The molecule has 1 fully saturated rings. The minimum absolute atomic E-state index is 0.0170. The molecular weight excluding hydrogens is 434 g/mol. The van der Waals surface area contributed by atoms with Crippen molar-refractivity contribution in [2.24, 2.45) is 0 Å². The van der Waals surface area contributed by atoms with Gasteiger partial charge in [-0.3, -0.25) is 14.5 Å². The highest BCUT2D eigenvalue weighted by atomic mass is 16.7. The fraction of sp³-hybridized carbons (Fsp3) is 0.185. The summed E-state index contributed by atoms with van der Waals surface area (Å²) in [6, 6.07) is 18.6. The first-order chi connectivity index (χ1) is 16.5. The molecule has 7 nitrogen and oxygen atoms in total. The maximum absolute atomic E-state index is 13.3. The van der Waals surface area contributed by atoms with E-state index in [0.29, 0.717) is 35.1 Å². The Morgan fingerprint density at radius 2 is 1.79 bits per heavy atom. The SMILES string of the molecule is CCOc1ccc(N2C(=O)C(=O)/C(=C(\O)c3ccc4c(c3)OCO4)C2c2cccc(C)c2)cc1. The van der Waals surface area contributed by atoms with Gasteiger partial charge in [-0.2, -0.15) is 0 Å². The highest BCUT2D eigenvalue weighted by Crippen LogP contribution is 2.43. The summed E-state index contributed by atoms with van der Waals surface area (Å²) in [6.45, 7) is 4.43. The van der Waals surface area contributed by atoms with Crippen LogP contribution in [0.25, 0.3) is 5.76 Å². The number of aliphatic hydroxyl groups excluding tert-OH is 1. The highest BCUT2D eigenvalue weighted by molar-refractivity contribution is 6.51. The molecule has 0 aromatic heterocycles. The van der Waals surface area contributed by atoms with Crippen molar-refractivity contribution in [3.63, 3.8) is 0 Å². The molecule has 5 rings (SSSR count). The normalized spacial score (nSPS) is 18.4. The van der Waals surface area contributed by atoms with Gasteiger partial charge in [0, 0.05) is 11.3 Å². The van der Waals surface area contributed by atoms with Gasteiger partial charge in [0.1, 0.15) is 11.5 Å². The lowest BCUT2D eigenvalue weighted by molar-refractivity contribution is -0.132. The van der Waals surface area contributed by atoms with Crippen molar-refractivity contribution in [1.29, 1.82) is 0 Å². The number of aliphatic hydroxyl groups is 1. The first-order valence-electron chi connectivity index (χ1n) is 11.0. The van der Waals surface area contributed by atoms with Crippen LogP contribution in [0.15, 0.2) is 72.3 Å². The predicted octanol–water partition coefficient (Wildman–Crippen LogP) is 4.75. The number of nitrogens with zero attached hydrogens (tertiary/aromatic N) is 1. The lowest BCUT2D eigenvalue weighted by atomic mass is 9.94. The van der Waals surface area contributed by atoms with E-state index in [0.717, 1.165) is 11.1 Å². The van der Waals surface area contributed by atoms with Crippen LogP contribution in [-0.2, 0) is 9.59 Å². The van der Waals surface area contributed by atoms with Crippen molar-refractivity contribution in [2.75, 3.05) is 18.3 Å². The Hall–Kier alpha value is -4.26. The summed E-state index contributed by atoms with van der Waals surface area (Å²) < 4.78 is 16.3. The Morgan fingerprint density at radius 1 is 1.03 bits per heavy atom. The summed E-state index contributed by atoms with van der Waals surface area (Å²) in [4.78, 5) is 28.0. The molecule has 0 spiro atoms. The van der Waals surface area contributed by atoms with E-state index in [4.69, 9.17) is 14.2 Å². The molecular formula is C27H23NO6.